The van der Waals surface area contributed by atoms with Crippen molar-refractivity contribution in [3.8, 4) is 0 Å². The van der Waals surface area contributed by atoms with Crippen molar-refractivity contribution in [2.24, 2.45) is 0 Å². The number of allylic oxidation sites excluding steroid dienone is 1. The van der Waals surface area contributed by atoms with E-state index in [9.17, 15) is 0 Å². The average molecular weight is 326 g/mol. The molecule has 0 spiro atoms. The summed E-state index contributed by atoms with van der Waals surface area (Å²) in [5.41, 5.74) is 3.46. The van der Waals surface area contributed by atoms with Crippen LogP contribution in [0.1, 0.15) is 18.2 Å². The van der Waals surface area contributed by atoms with Gasteiger partial charge in [0.15, 0.2) is 6.21 Å². The summed E-state index contributed by atoms with van der Waals surface area (Å²) in [6, 6.07) is 12.1. The number of furan rings is 1. The topological polar surface area (TPSA) is 119 Å². The molecule has 22 heavy (non-hydrogen) atoms. The molecular formula is C15H16ClNO5. The van der Waals surface area contributed by atoms with Gasteiger partial charge in [0.05, 0.1) is 6.26 Å². The molecule has 0 radical (unpaired) electrons. The van der Waals surface area contributed by atoms with E-state index in [1.54, 1.807) is 6.26 Å². The zero-order valence-corrected chi connectivity index (χ0v) is 12.9. The van der Waals surface area contributed by atoms with Crippen molar-refractivity contribution in [3.63, 3.8) is 0 Å². The molecule has 0 saturated carbocycles. The van der Waals surface area contributed by atoms with Gasteiger partial charge in [-0.25, -0.2) is 23.6 Å². The van der Waals surface area contributed by atoms with E-state index in [-0.39, 0.29) is 0 Å². The molecule has 0 fully saturated rings. The van der Waals surface area contributed by atoms with Gasteiger partial charge in [0.1, 0.15) is 5.76 Å². The lowest BCUT2D eigenvalue weighted by Crippen LogP contribution is -2.68. The zero-order chi connectivity index (χ0) is 16.6. The summed E-state index contributed by atoms with van der Waals surface area (Å²) in [7, 11) is -4.94. The number of aryl methyl sites for hydroxylation is 1. The van der Waals surface area contributed by atoms with Crippen LogP contribution in [0.5, 0.6) is 0 Å². The van der Waals surface area contributed by atoms with Gasteiger partial charge < -0.3 is 4.42 Å². The lowest BCUT2D eigenvalue weighted by atomic mass is 10.2. The standard InChI is InChI=1S/C15H15NO.ClHO4/c1-12-5-7-14(8-6-12)16-11-13(2)10-15-4-3-9-17-15;2-1(3,4)5/h3-11H,1-2H3;(H,2,3,4,5)/b13-10+,16-11?;. The minimum absolute atomic E-state index is 0.865. The van der Waals surface area contributed by atoms with E-state index in [1.165, 1.54) is 5.56 Å². The van der Waals surface area contributed by atoms with Crippen LogP contribution < -0.4 is 23.6 Å². The van der Waals surface area contributed by atoms with Crippen LogP contribution in [0.3, 0.4) is 0 Å². The first-order valence-electron chi connectivity index (χ1n) is 6.24. The Morgan fingerprint density at radius 2 is 1.68 bits per heavy atom. The second kappa shape index (κ2) is 8.47. The number of halogens is 1. The molecule has 0 bridgehead atoms. The molecular weight excluding hydrogens is 310 g/mol. The normalized spacial score (nSPS) is 12.2. The maximum absolute atomic E-state index is 8.49. The fourth-order valence-corrected chi connectivity index (χ4v) is 1.49. The van der Waals surface area contributed by atoms with Gasteiger partial charge in [0.2, 0.25) is 5.69 Å². The lowest BCUT2D eigenvalue weighted by Gasteiger charge is -2.17. The second-order valence-electron chi connectivity index (χ2n) is 4.44. The Bertz CT molecular complexity index is 606. The molecule has 1 aromatic carbocycles. The van der Waals surface area contributed by atoms with Gasteiger partial charge in [-0.05, 0) is 32.1 Å². The first-order valence-corrected chi connectivity index (χ1v) is 7.47. The summed E-state index contributed by atoms with van der Waals surface area (Å²) in [6.45, 7) is 4.11. The molecule has 1 aromatic heterocycles. The van der Waals surface area contributed by atoms with Crippen molar-refractivity contribution in [3.05, 3.63) is 59.6 Å². The van der Waals surface area contributed by atoms with Gasteiger partial charge in [-0.1, -0.05) is 17.7 Å². The Labute approximate surface area is 130 Å². The Hall–Kier alpha value is -1.96. The molecule has 0 aliphatic heterocycles. The number of benzene rings is 1. The van der Waals surface area contributed by atoms with E-state index < -0.39 is 10.2 Å². The van der Waals surface area contributed by atoms with E-state index in [2.05, 4.69) is 36.2 Å². The first kappa shape index (κ1) is 18.1. The highest BCUT2D eigenvalue weighted by molar-refractivity contribution is 5.80. The number of rotatable bonds is 3. The van der Waals surface area contributed by atoms with Crippen molar-refractivity contribution < 1.29 is 38.3 Å². The van der Waals surface area contributed by atoms with Crippen LogP contribution in [-0.4, -0.2) is 6.21 Å². The molecule has 118 valence electrons. The molecule has 6 nitrogen and oxygen atoms in total. The zero-order valence-electron chi connectivity index (χ0n) is 12.1. The molecule has 1 N–H and O–H groups in total. The van der Waals surface area contributed by atoms with Crippen molar-refractivity contribution in [1.29, 1.82) is 0 Å². The molecule has 0 aliphatic carbocycles. The van der Waals surface area contributed by atoms with Crippen molar-refractivity contribution >= 4 is 18.0 Å². The summed E-state index contributed by atoms with van der Waals surface area (Å²) in [4.78, 5) is 3.25. The van der Waals surface area contributed by atoms with Crippen LogP contribution in [0.2, 0.25) is 0 Å². The highest BCUT2D eigenvalue weighted by atomic mass is 35.7. The second-order valence-corrected chi connectivity index (χ2v) is 5.19. The predicted octanol–water partition coefficient (Wildman–Crippen LogP) is -2.28. The van der Waals surface area contributed by atoms with E-state index in [0.29, 0.717) is 0 Å². The van der Waals surface area contributed by atoms with Crippen molar-refractivity contribution in [2.45, 2.75) is 13.8 Å². The van der Waals surface area contributed by atoms with Crippen LogP contribution in [0.15, 0.2) is 52.7 Å². The fraction of sp³-hybridized carbons (Fsp3) is 0.133. The Morgan fingerprint density at radius 1 is 1.09 bits per heavy atom. The van der Waals surface area contributed by atoms with Gasteiger partial charge >= 0.3 is 0 Å². The lowest BCUT2D eigenvalue weighted by molar-refractivity contribution is -2.00. The molecule has 0 amide bonds. The Morgan fingerprint density at radius 3 is 2.18 bits per heavy atom. The quantitative estimate of drug-likeness (QED) is 0.637. The van der Waals surface area contributed by atoms with Crippen LogP contribution in [0.25, 0.3) is 6.08 Å². The fourth-order valence-electron chi connectivity index (χ4n) is 1.49. The van der Waals surface area contributed by atoms with E-state index >= 15 is 0 Å². The third kappa shape index (κ3) is 9.06. The molecule has 0 atom stereocenters. The van der Waals surface area contributed by atoms with Crippen LogP contribution >= 0.6 is 0 Å². The van der Waals surface area contributed by atoms with Gasteiger partial charge in [0.25, 0.3) is 0 Å². The van der Waals surface area contributed by atoms with Gasteiger partial charge in [0, 0.05) is 17.7 Å². The van der Waals surface area contributed by atoms with Gasteiger partial charge in [-0.15, -0.1) is 10.2 Å². The third-order valence-corrected chi connectivity index (χ3v) is 2.43. The summed E-state index contributed by atoms with van der Waals surface area (Å²) >= 11 is 0. The summed E-state index contributed by atoms with van der Waals surface area (Å²) in [5.74, 6) is 0.865. The van der Waals surface area contributed by atoms with Crippen molar-refractivity contribution in [1.82, 2.24) is 0 Å². The number of nitrogens with one attached hydrogen (secondary N) is 1. The molecule has 2 rings (SSSR count). The monoisotopic (exact) mass is 325 g/mol. The number of hydrogen-bond donors (Lipinski definition) is 1. The van der Waals surface area contributed by atoms with Crippen LogP contribution in [0.4, 0.5) is 5.69 Å². The van der Waals surface area contributed by atoms with Crippen LogP contribution in [-0.2, 0) is 0 Å². The predicted molar refractivity (Wildman–Crippen MR) is 70.2 cm³/mol. The van der Waals surface area contributed by atoms with Crippen LogP contribution in [0, 0.1) is 17.2 Å². The Balaban J connectivity index is 0.000000422. The largest absolute Gasteiger partial charge is 0.465 e. The average Bonchev–Trinajstić information content (AvgIpc) is 2.89. The van der Waals surface area contributed by atoms with Gasteiger partial charge in [-0.2, -0.15) is 0 Å². The van der Waals surface area contributed by atoms with E-state index in [4.69, 9.17) is 23.1 Å². The van der Waals surface area contributed by atoms with Crippen molar-refractivity contribution in [2.75, 3.05) is 0 Å². The maximum atomic E-state index is 8.49. The molecule has 0 aliphatic rings. The smallest absolute Gasteiger partial charge is 0.203 e. The SMILES string of the molecule is C/C(C=[NH+]c1ccc(C)cc1)=C\c1ccco1.[O-][Cl+3]([O-])([O-])[O-]. The molecule has 0 unspecified atom stereocenters. The highest BCUT2D eigenvalue weighted by Gasteiger charge is 1.96. The minimum atomic E-state index is -4.94. The maximum Gasteiger partial charge on any atom is 0.203 e. The summed E-state index contributed by atoms with van der Waals surface area (Å²) in [6.07, 6.45) is 5.63. The Kier molecular flexibility index (Phi) is 6.97. The first-order chi connectivity index (χ1) is 10.2. The third-order valence-electron chi connectivity index (χ3n) is 2.43. The molecule has 7 heteroatoms. The highest BCUT2D eigenvalue weighted by Crippen LogP contribution is 2.05. The molecule has 0 saturated heterocycles. The van der Waals surface area contributed by atoms with Gasteiger partial charge in [-0.3, -0.25) is 0 Å². The summed E-state index contributed by atoms with van der Waals surface area (Å²) < 4.78 is 39.2. The minimum Gasteiger partial charge on any atom is -0.465 e. The number of hydrogen-bond acceptors (Lipinski definition) is 5. The molecule has 1 heterocycles. The van der Waals surface area contributed by atoms with E-state index in [1.807, 2.05) is 31.3 Å². The molecule has 2 aromatic rings. The summed E-state index contributed by atoms with van der Waals surface area (Å²) in [5, 5.41) is 0. The van der Waals surface area contributed by atoms with E-state index in [0.717, 1.165) is 17.0 Å².